The molecule has 0 N–H and O–H groups in total. The van der Waals surface area contributed by atoms with E-state index in [2.05, 4.69) is 31.9 Å². The van der Waals surface area contributed by atoms with Crippen LogP contribution in [0, 0.1) is 63.2 Å². The molecule has 0 aliphatic heterocycles. The molecule has 2 saturated carbocycles. The third-order valence-electron chi connectivity index (χ3n) is 6.54. The van der Waals surface area contributed by atoms with Crippen molar-refractivity contribution in [1.29, 1.82) is 0 Å². The van der Waals surface area contributed by atoms with Gasteiger partial charge in [-0.05, 0) is 77.0 Å². The molecule has 0 heterocycles. The van der Waals surface area contributed by atoms with Gasteiger partial charge in [-0.3, -0.25) is 9.59 Å². The molecule has 208 valence electrons. The molecule has 2 aliphatic carbocycles. The van der Waals surface area contributed by atoms with Gasteiger partial charge in [-0.1, -0.05) is 109 Å². The van der Waals surface area contributed by atoms with Gasteiger partial charge in [-0.2, -0.15) is 0 Å². The van der Waals surface area contributed by atoms with Crippen molar-refractivity contribution in [3.05, 3.63) is 63.2 Å². The van der Waals surface area contributed by atoms with E-state index in [1.165, 1.54) is 89.9 Å². The summed E-state index contributed by atoms with van der Waals surface area (Å²) in [6, 6.07) is 0. The molecule has 2 aliphatic rings. The van der Waals surface area contributed by atoms with Crippen LogP contribution in [0.1, 0.15) is 116 Å². The monoisotopic (exact) mass is 678 g/mol. The van der Waals surface area contributed by atoms with Crippen molar-refractivity contribution in [2.75, 3.05) is 10.7 Å². The van der Waals surface area contributed by atoms with Crippen LogP contribution in [-0.2, 0) is 26.7 Å². The summed E-state index contributed by atoms with van der Waals surface area (Å²) in [6.45, 7) is 0. The van der Waals surface area contributed by atoms with Crippen LogP contribution in [0.3, 0.4) is 0 Å². The van der Waals surface area contributed by atoms with Crippen LogP contribution in [0.15, 0.2) is 0 Å². The largest absolute Gasteiger partial charge is 2.00 e. The van der Waals surface area contributed by atoms with Crippen molar-refractivity contribution in [1.82, 2.24) is 0 Å². The fraction of sp³-hybridized carbons (Fsp3) is 0.625. The fourth-order valence-electron chi connectivity index (χ4n) is 4.29. The van der Waals surface area contributed by atoms with Crippen LogP contribution in [0.4, 0.5) is 0 Å². The molecule has 2 nitrogen and oxygen atoms in total. The summed E-state index contributed by atoms with van der Waals surface area (Å²) in [7, 11) is 0. The number of ketones is 2. The summed E-state index contributed by atoms with van der Waals surface area (Å²) in [5, 5.41) is 2.27. The Morgan fingerprint density at radius 3 is 0.946 bits per heavy atom. The van der Waals surface area contributed by atoms with Gasteiger partial charge in [0.05, 0.1) is 0 Å². The van der Waals surface area contributed by atoms with Crippen LogP contribution in [0.25, 0.3) is 0 Å². The normalized spacial score (nSPS) is 15.8. The van der Waals surface area contributed by atoms with E-state index in [4.69, 9.17) is 0 Å². The average molecular weight is 680 g/mol. The Kier molecular flexibility index (Phi) is 29.0. The standard InChI is InChI=1S/2C16H24BrO.Fe/c2*17-14-10-6-4-2-1-3-5-7-13-16(18)15-11-8-9-12-15;/h2*8-9,11-12H,1-7,10,13-14H2;/q;;+2. The Labute approximate surface area is 258 Å². The molecule has 0 unspecified atom stereocenters. The smallest absolute Gasteiger partial charge is 0.299 e. The second kappa shape index (κ2) is 28.4. The van der Waals surface area contributed by atoms with Crippen LogP contribution >= 0.6 is 31.9 Å². The van der Waals surface area contributed by atoms with Crippen molar-refractivity contribution in [2.45, 2.75) is 116 Å². The minimum atomic E-state index is 0. The number of Topliss-reactive ketones (excluding diaryl/α,β-unsaturated/α-hetero) is 2. The van der Waals surface area contributed by atoms with Crippen LogP contribution < -0.4 is 0 Å². The predicted octanol–water partition coefficient (Wildman–Crippen LogP) is 9.73. The maximum atomic E-state index is 11.7. The van der Waals surface area contributed by atoms with Gasteiger partial charge < -0.3 is 0 Å². The molecule has 0 bridgehead atoms. The van der Waals surface area contributed by atoms with Crippen molar-refractivity contribution < 1.29 is 26.7 Å². The molecule has 37 heavy (non-hydrogen) atoms. The van der Waals surface area contributed by atoms with E-state index in [9.17, 15) is 9.59 Å². The number of hydrogen-bond acceptors (Lipinski definition) is 2. The number of halogens is 2. The molecular weight excluding hydrogens is 632 g/mol. The van der Waals surface area contributed by atoms with E-state index in [0.717, 1.165) is 35.3 Å². The number of carbonyl (C=O) groups excluding carboxylic acids is 2. The predicted molar refractivity (Wildman–Crippen MR) is 162 cm³/mol. The number of rotatable bonds is 22. The van der Waals surface area contributed by atoms with Crippen molar-refractivity contribution >= 4 is 43.4 Å². The van der Waals surface area contributed by atoms with Crippen molar-refractivity contribution in [2.24, 2.45) is 0 Å². The number of alkyl halides is 2. The van der Waals surface area contributed by atoms with Crippen LogP contribution in [-0.4, -0.2) is 22.2 Å². The first-order chi connectivity index (χ1) is 17.7. The zero-order valence-electron chi connectivity index (χ0n) is 22.7. The summed E-state index contributed by atoms with van der Waals surface area (Å²) in [6.07, 6.45) is 37.2. The molecule has 0 atom stereocenters. The first-order valence-corrected chi connectivity index (χ1v) is 16.5. The molecule has 0 saturated heterocycles. The molecular formula is C32H48Br2FeO2+2. The summed E-state index contributed by atoms with van der Waals surface area (Å²) < 4.78 is 0. The van der Waals surface area contributed by atoms with Gasteiger partial charge in [-0.25, -0.2) is 0 Å². The van der Waals surface area contributed by atoms with E-state index >= 15 is 0 Å². The van der Waals surface area contributed by atoms with Gasteiger partial charge in [0.2, 0.25) is 0 Å². The Balaban J connectivity index is 0.000000682. The second-order valence-electron chi connectivity index (χ2n) is 9.73. The van der Waals surface area contributed by atoms with E-state index in [1.807, 2.05) is 51.4 Å². The second-order valence-corrected chi connectivity index (χ2v) is 11.3. The zero-order chi connectivity index (χ0) is 26.1. The quantitative estimate of drug-likeness (QED) is 0.0649. The maximum Gasteiger partial charge on any atom is 2.00 e. The molecule has 2 rings (SSSR count). The molecule has 0 amide bonds. The number of unbranched alkanes of at least 4 members (excludes halogenated alkanes) is 14. The minimum absolute atomic E-state index is 0. The molecule has 0 spiro atoms. The molecule has 0 aromatic heterocycles. The minimum Gasteiger partial charge on any atom is -0.299 e. The Morgan fingerprint density at radius 2 is 0.676 bits per heavy atom. The molecule has 2 fully saturated rings. The van der Waals surface area contributed by atoms with Crippen LogP contribution in [0.2, 0.25) is 0 Å². The summed E-state index contributed by atoms with van der Waals surface area (Å²) in [4.78, 5) is 23.4. The molecule has 0 aromatic rings. The van der Waals surface area contributed by atoms with E-state index < -0.39 is 0 Å². The fourth-order valence-corrected chi connectivity index (χ4v) is 5.08. The van der Waals surface area contributed by atoms with Gasteiger partial charge in [0.15, 0.2) is 0 Å². The van der Waals surface area contributed by atoms with E-state index in [-0.39, 0.29) is 17.1 Å². The van der Waals surface area contributed by atoms with Gasteiger partial charge >= 0.3 is 17.1 Å². The third-order valence-corrected chi connectivity index (χ3v) is 7.67. The molecule has 10 radical (unpaired) electrons. The first-order valence-electron chi connectivity index (χ1n) is 14.3. The van der Waals surface area contributed by atoms with Crippen molar-refractivity contribution in [3.63, 3.8) is 0 Å². The summed E-state index contributed by atoms with van der Waals surface area (Å²) >= 11 is 6.90. The molecule has 5 heteroatoms. The molecule has 0 aromatic carbocycles. The van der Waals surface area contributed by atoms with Gasteiger partial charge in [0.1, 0.15) is 11.6 Å². The van der Waals surface area contributed by atoms with E-state index in [0.29, 0.717) is 24.4 Å². The zero-order valence-corrected chi connectivity index (χ0v) is 27.0. The summed E-state index contributed by atoms with van der Waals surface area (Å²) in [5.41, 5.74) is 0. The topological polar surface area (TPSA) is 34.1 Å². The SMILES string of the molecule is O=C(CCCCCCCCCCBr)[C]1[CH][CH][CH][CH]1.O=C(CCCCCCCCCCBr)[C]1[CH][CH][CH][CH]1.[Fe+2]. The van der Waals surface area contributed by atoms with E-state index in [1.54, 1.807) is 0 Å². The Bertz CT molecular complexity index is 471. The average Bonchev–Trinajstić information content (AvgIpc) is 3.62. The Morgan fingerprint density at radius 1 is 0.432 bits per heavy atom. The van der Waals surface area contributed by atoms with Gasteiger partial charge in [0.25, 0.3) is 0 Å². The first kappa shape index (κ1) is 37.8. The number of carbonyl (C=O) groups is 2. The maximum absolute atomic E-state index is 11.7. The number of hydrogen-bond donors (Lipinski definition) is 0. The summed E-state index contributed by atoms with van der Waals surface area (Å²) in [5.74, 6) is 2.36. The Hall–Kier alpha value is 0.819. The van der Waals surface area contributed by atoms with Crippen LogP contribution in [0.5, 0.6) is 0 Å². The van der Waals surface area contributed by atoms with Gasteiger partial charge in [-0.15, -0.1) is 0 Å². The van der Waals surface area contributed by atoms with Crippen molar-refractivity contribution in [3.8, 4) is 0 Å². The third kappa shape index (κ3) is 22.2. The van der Waals surface area contributed by atoms with Gasteiger partial charge in [0, 0.05) is 35.3 Å².